The van der Waals surface area contributed by atoms with Crippen molar-refractivity contribution in [2.75, 3.05) is 4.90 Å². The molecule has 4 heteroatoms. The molecule has 0 saturated heterocycles. The van der Waals surface area contributed by atoms with Gasteiger partial charge in [0.1, 0.15) is 0 Å². The Balaban J connectivity index is 0.925. The molecule has 1 heterocycles. The van der Waals surface area contributed by atoms with Gasteiger partial charge in [0.05, 0.1) is 5.41 Å². The number of hydrogen-bond donors (Lipinski definition) is 0. The van der Waals surface area contributed by atoms with Gasteiger partial charge < -0.3 is 4.90 Å². The van der Waals surface area contributed by atoms with Crippen LogP contribution in [0.2, 0.25) is 0 Å². The summed E-state index contributed by atoms with van der Waals surface area (Å²) < 4.78 is 0. The van der Waals surface area contributed by atoms with Crippen LogP contribution in [0.15, 0.2) is 267 Å². The lowest BCUT2D eigenvalue weighted by Gasteiger charge is -2.31. The van der Waals surface area contributed by atoms with Crippen LogP contribution in [0.5, 0.6) is 0 Å². The molecule has 0 aliphatic heterocycles. The molecule has 0 fully saturated rings. The lowest BCUT2D eigenvalue weighted by Crippen LogP contribution is -2.25. The Bertz CT molecular complexity index is 3930. The largest absolute Gasteiger partial charge is 0.310 e. The van der Waals surface area contributed by atoms with Crippen molar-refractivity contribution < 1.29 is 0 Å². The second kappa shape index (κ2) is 16.9. The highest BCUT2D eigenvalue weighted by atomic mass is 15.1. The highest BCUT2D eigenvalue weighted by Gasteiger charge is 2.51. The molecular formula is C68H44N4. The normalized spacial score (nSPS) is 12.6. The van der Waals surface area contributed by atoms with E-state index in [1.807, 2.05) is 36.4 Å². The Morgan fingerprint density at radius 2 is 0.681 bits per heavy atom. The molecule has 336 valence electrons. The Morgan fingerprint density at radius 1 is 0.250 bits per heavy atom. The molecule has 12 aromatic rings. The van der Waals surface area contributed by atoms with Gasteiger partial charge in [-0.3, -0.25) is 0 Å². The number of nitrogens with zero attached hydrogens (tertiary/aromatic N) is 4. The smallest absolute Gasteiger partial charge is 0.164 e. The topological polar surface area (TPSA) is 41.9 Å². The molecule has 11 aromatic carbocycles. The van der Waals surface area contributed by atoms with Crippen LogP contribution in [0.1, 0.15) is 22.3 Å². The van der Waals surface area contributed by atoms with E-state index in [0.717, 1.165) is 61.2 Å². The van der Waals surface area contributed by atoms with E-state index in [9.17, 15) is 0 Å². The summed E-state index contributed by atoms with van der Waals surface area (Å²) >= 11 is 0. The second-order valence-electron chi connectivity index (χ2n) is 18.7. The molecule has 0 saturated carbocycles. The Kier molecular flexibility index (Phi) is 9.71. The minimum absolute atomic E-state index is 0.414. The van der Waals surface area contributed by atoms with Gasteiger partial charge in [0.2, 0.25) is 0 Å². The highest BCUT2D eigenvalue weighted by Crippen LogP contribution is 2.63. The predicted octanol–water partition coefficient (Wildman–Crippen LogP) is 17.2. The van der Waals surface area contributed by atoms with Gasteiger partial charge in [0.25, 0.3) is 0 Å². The number of aromatic nitrogens is 3. The standard InChI is InChI=1S/C68H44N4/c1-4-19-45(20-5-1)50-27-16-28-52(43-50)72(53-41-42-63-59(44-53)57-31-12-15-36-62(57)68(63)60-34-13-10-29-55(60)56-30-11-14-35-61(56)68)51-39-37-46(38-40-51)54-32-17-25-47-26-18-33-58(64(47)54)67-70-65(48-21-6-2-7-22-48)69-66(71-67)49-23-8-3-9-24-49/h1-44H. The van der Waals surface area contributed by atoms with E-state index in [1.54, 1.807) is 0 Å². The third-order valence-electron chi connectivity index (χ3n) is 14.7. The van der Waals surface area contributed by atoms with Gasteiger partial charge in [-0.05, 0) is 109 Å². The average Bonchev–Trinajstić information content (AvgIpc) is 3.93. The molecular weight excluding hydrogens is 873 g/mol. The third-order valence-corrected chi connectivity index (χ3v) is 14.7. The summed E-state index contributed by atoms with van der Waals surface area (Å²) in [5, 5.41) is 2.20. The number of fused-ring (bicyclic) bond motifs is 11. The van der Waals surface area contributed by atoms with E-state index in [2.05, 4.69) is 235 Å². The summed E-state index contributed by atoms with van der Waals surface area (Å²) in [6.45, 7) is 0. The first kappa shape index (κ1) is 41.5. The lowest BCUT2D eigenvalue weighted by molar-refractivity contribution is 0.794. The Hall–Kier alpha value is -9.51. The van der Waals surface area contributed by atoms with Gasteiger partial charge in [0.15, 0.2) is 17.5 Å². The summed E-state index contributed by atoms with van der Waals surface area (Å²) in [5.41, 5.74) is 20.6. The van der Waals surface area contributed by atoms with Crippen molar-refractivity contribution in [3.63, 3.8) is 0 Å². The van der Waals surface area contributed by atoms with Crippen molar-refractivity contribution in [1.29, 1.82) is 0 Å². The van der Waals surface area contributed by atoms with Gasteiger partial charge in [-0.15, -0.1) is 0 Å². The van der Waals surface area contributed by atoms with Crippen LogP contribution < -0.4 is 4.90 Å². The van der Waals surface area contributed by atoms with E-state index in [4.69, 9.17) is 15.0 Å². The molecule has 0 atom stereocenters. The molecule has 1 spiro atoms. The first-order valence-corrected chi connectivity index (χ1v) is 24.6. The second-order valence-corrected chi connectivity index (χ2v) is 18.7. The molecule has 0 amide bonds. The van der Waals surface area contributed by atoms with Gasteiger partial charge in [-0.2, -0.15) is 0 Å². The van der Waals surface area contributed by atoms with Gasteiger partial charge in [-0.1, -0.05) is 231 Å². The maximum absolute atomic E-state index is 5.17. The third kappa shape index (κ3) is 6.57. The van der Waals surface area contributed by atoms with Crippen molar-refractivity contribution in [2.24, 2.45) is 0 Å². The summed E-state index contributed by atoms with van der Waals surface area (Å²) in [4.78, 5) is 17.8. The first-order chi connectivity index (χ1) is 35.7. The van der Waals surface area contributed by atoms with Crippen molar-refractivity contribution in [2.45, 2.75) is 5.41 Å². The van der Waals surface area contributed by atoms with Crippen LogP contribution in [-0.4, -0.2) is 15.0 Å². The summed E-state index contributed by atoms with van der Waals surface area (Å²) in [5.74, 6) is 1.90. The average molecular weight is 917 g/mol. The van der Waals surface area contributed by atoms with Crippen molar-refractivity contribution >= 4 is 27.8 Å². The van der Waals surface area contributed by atoms with E-state index in [1.165, 1.54) is 50.1 Å². The van der Waals surface area contributed by atoms with Gasteiger partial charge >= 0.3 is 0 Å². The molecule has 0 radical (unpaired) electrons. The molecule has 0 bridgehead atoms. The van der Waals surface area contributed by atoms with Crippen molar-refractivity contribution in [1.82, 2.24) is 15.0 Å². The van der Waals surface area contributed by atoms with Gasteiger partial charge in [-0.25, -0.2) is 15.0 Å². The molecule has 2 aliphatic rings. The van der Waals surface area contributed by atoms with E-state index < -0.39 is 5.41 Å². The van der Waals surface area contributed by atoms with E-state index in [-0.39, 0.29) is 0 Å². The van der Waals surface area contributed by atoms with Crippen LogP contribution >= 0.6 is 0 Å². The zero-order chi connectivity index (χ0) is 47.6. The fraction of sp³-hybridized carbons (Fsp3) is 0.0147. The zero-order valence-corrected chi connectivity index (χ0v) is 39.2. The van der Waals surface area contributed by atoms with Crippen LogP contribution in [-0.2, 0) is 5.41 Å². The van der Waals surface area contributed by atoms with Crippen LogP contribution in [0.4, 0.5) is 17.1 Å². The number of hydrogen-bond acceptors (Lipinski definition) is 4. The quantitative estimate of drug-likeness (QED) is 0.152. The molecule has 14 rings (SSSR count). The molecule has 4 nitrogen and oxygen atoms in total. The molecule has 0 unspecified atom stereocenters. The van der Waals surface area contributed by atoms with E-state index >= 15 is 0 Å². The summed E-state index contributed by atoms with van der Waals surface area (Å²) in [6, 6.07) is 96.1. The van der Waals surface area contributed by atoms with Crippen LogP contribution in [0.3, 0.4) is 0 Å². The minimum Gasteiger partial charge on any atom is -0.310 e. The van der Waals surface area contributed by atoms with Gasteiger partial charge in [0, 0.05) is 39.1 Å². The van der Waals surface area contributed by atoms with E-state index in [0.29, 0.717) is 17.5 Å². The lowest BCUT2D eigenvalue weighted by atomic mass is 9.70. The summed E-state index contributed by atoms with van der Waals surface area (Å²) in [6.07, 6.45) is 0. The maximum Gasteiger partial charge on any atom is 0.164 e. The Labute approximate surface area is 418 Å². The highest BCUT2D eigenvalue weighted by molar-refractivity contribution is 6.06. The van der Waals surface area contributed by atoms with Crippen LogP contribution in [0.25, 0.3) is 89.4 Å². The number of anilines is 3. The molecule has 2 aliphatic carbocycles. The maximum atomic E-state index is 5.17. The Morgan fingerprint density at radius 3 is 1.28 bits per heavy atom. The SMILES string of the molecule is c1ccc(-c2cccc(N(c3ccc(-c4cccc5cccc(-c6nc(-c7ccccc7)nc(-c7ccccc7)n6)c45)cc3)c3ccc4c(c3)-c3ccccc3C43c4ccccc4-c4ccccc43)c2)cc1. The molecule has 1 aromatic heterocycles. The number of rotatable bonds is 8. The van der Waals surface area contributed by atoms with Crippen molar-refractivity contribution in [3.05, 3.63) is 289 Å². The minimum atomic E-state index is -0.414. The molecule has 0 N–H and O–H groups in total. The predicted molar refractivity (Wildman–Crippen MR) is 295 cm³/mol. The first-order valence-electron chi connectivity index (χ1n) is 24.6. The zero-order valence-electron chi connectivity index (χ0n) is 39.2. The monoisotopic (exact) mass is 916 g/mol. The number of benzene rings is 11. The molecule has 72 heavy (non-hydrogen) atoms. The summed E-state index contributed by atoms with van der Waals surface area (Å²) in [7, 11) is 0. The fourth-order valence-electron chi connectivity index (χ4n) is 11.6. The van der Waals surface area contributed by atoms with Crippen LogP contribution in [0, 0.1) is 0 Å². The fourth-order valence-corrected chi connectivity index (χ4v) is 11.6. The van der Waals surface area contributed by atoms with Crippen molar-refractivity contribution in [3.8, 4) is 78.7 Å².